The average Bonchev–Trinajstić information content (AvgIpc) is 2.72. The molecule has 1 atom stereocenters. The molecule has 0 bridgehead atoms. The normalized spacial score (nSPS) is 12.8. The Bertz CT molecular complexity index is 360. The molecule has 0 spiro atoms. The molecule has 0 aliphatic rings. The van der Waals surface area contributed by atoms with Crippen molar-refractivity contribution in [2.45, 2.75) is 32.7 Å². The second-order valence-electron chi connectivity index (χ2n) is 4.57. The first-order chi connectivity index (χ1) is 8.06. The van der Waals surface area contributed by atoms with Gasteiger partial charge in [0.15, 0.2) is 0 Å². The molecule has 1 aromatic heterocycles. The fourth-order valence-corrected chi connectivity index (χ4v) is 1.66. The van der Waals surface area contributed by atoms with Gasteiger partial charge in [0, 0.05) is 25.2 Å². The largest absolute Gasteiger partial charge is 0.469 e. The maximum absolute atomic E-state index is 11.2. The average molecular weight is 239 g/mol. The highest BCUT2D eigenvalue weighted by molar-refractivity contribution is 5.70. The van der Waals surface area contributed by atoms with E-state index in [9.17, 15) is 4.79 Å². The molecular weight excluding hydrogens is 218 g/mol. The number of aromatic nitrogens is 2. The van der Waals surface area contributed by atoms with E-state index in [1.165, 1.54) is 7.11 Å². The Hall–Kier alpha value is -1.36. The van der Waals surface area contributed by atoms with Gasteiger partial charge in [0.1, 0.15) is 0 Å². The van der Waals surface area contributed by atoms with E-state index in [1.807, 2.05) is 16.9 Å². The van der Waals surface area contributed by atoms with Crippen LogP contribution >= 0.6 is 0 Å². The standard InChI is InChI=1S/C12H21N3O2/c1-9(2)8-15-5-4-11(14-15)10(7-13)6-12(16)17-3/h4-5,9-10H,6-8,13H2,1-3H3. The Morgan fingerprint density at radius 3 is 2.82 bits per heavy atom. The Balaban J connectivity index is 2.68. The quantitative estimate of drug-likeness (QED) is 0.756. The molecule has 96 valence electrons. The van der Waals surface area contributed by atoms with E-state index in [4.69, 9.17) is 5.73 Å². The van der Waals surface area contributed by atoms with Crippen molar-refractivity contribution in [1.82, 2.24) is 9.78 Å². The summed E-state index contributed by atoms with van der Waals surface area (Å²) in [5.41, 5.74) is 6.52. The van der Waals surface area contributed by atoms with Crippen molar-refractivity contribution < 1.29 is 9.53 Å². The van der Waals surface area contributed by atoms with Crippen LogP contribution in [0.15, 0.2) is 12.3 Å². The molecule has 0 aliphatic heterocycles. The summed E-state index contributed by atoms with van der Waals surface area (Å²) in [5, 5.41) is 4.44. The molecule has 0 aliphatic carbocycles. The summed E-state index contributed by atoms with van der Waals surface area (Å²) >= 11 is 0. The molecule has 0 radical (unpaired) electrons. The lowest BCUT2D eigenvalue weighted by molar-refractivity contribution is -0.141. The molecule has 2 N–H and O–H groups in total. The van der Waals surface area contributed by atoms with Crippen molar-refractivity contribution in [2.75, 3.05) is 13.7 Å². The first-order valence-corrected chi connectivity index (χ1v) is 5.87. The number of hydrogen-bond donors (Lipinski definition) is 1. The Morgan fingerprint density at radius 1 is 1.59 bits per heavy atom. The summed E-state index contributed by atoms with van der Waals surface area (Å²) in [6, 6.07) is 1.92. The first-order valence-electron chi connectivity index (χ1n) is 5.87. The predicted octanol–water partition coefficient (Wildman–Crippen LogP) is 1.14. The lowest BCUT2D eigenvalue weighted by Gasteiger charge is -2.10. The summed E-state index contributed by atoms with van der Waals surface area (Å²) in [7, 11) is 1.38. The Labute approximate surface area is 102 Å². The fourth-order valence-electron chi connectivity index (χ4n) is 1.66. The minimum atomic E-state index is -0.251. The van der Waals surface area contributed by atoms with Crippen LogP contribution in [-0.2, 0) is 16.1 Å². The lowest BCUT2D eigenvalue weighted by Crippen LogP contribution is -2.18. The van der Waals surface area contributed by atoms with Gasteiger partial charge in [-0.25, -0.2) is 0 Å². The van der Waals surface area contributed by atoms with Gasteiger partial charge < -0.3 is 10.5 Å². The topological polar surface area (TPSA) is 70.1 Å². The van der Waals surface area contributed by atoms with E-state index in [1.54, 1.807) is 0 Å². The van der Waals surface area contributed by atoms with Crippen LogP contribution in [0.2, 0.25) is 0 Å². The molecule has 0 saturated carbocycles. The van der Waals surface area contributed by atoms with Gasteiger partial charge in [-0.15, -0.1) is 0 Å². The number of rotatable bonds is 6. The zero-order valence-corrected chi connectivity index (χ0v) is 10.7. The molecule has 0 saturated heterocycles. The second kappa shape index (κ2) is 6.39. The van der Waals surface area contributed by atoms with Gasteiger partial charge in [-0.2, -0.15) is 5.10 Å². The zero-order chi connectivity index (χ0) is 12.8. The maximum Gasteiger partial charge on any atom is 0.306 e. The van der Waals surface area contributed by atoms with E-state index < -0.39 is 0 Å². The van der Waals surface area contributed by atoms with Gasteiger partial charge in [-0.05, 0) is 12.0 Å². The molecule has 1 unspecified atom stereocenters. The number of methoxy groups -OCH3 is 1. The van der Waals surface area contributed by atoms with Crippen LogP contribution in [0.3, 0.4) is 0 Å². The number of carbonyl (C=O) groups is 1. The molecule has 5 nitrogen and oxygen atoms in total. The van der Waals surface area contributed by atoms with Crippen LogP contribution in [0.25, 0.3) is 0 Å². The Morgan fingerprint density at radius 2 is 2.29 bits per heavy atom. The molecule has 1 heterocycles. The van der Waals surface area contributed by atoms with Gasteiger partial charge >= 0.3 is 5.97 Å². The minimum Gasteiger partial charge on any atom is -0.469 e. The van der Waals surface area contributed by atoms with Crippen molar-refractivity contribution in [3.63, 3.8) is 0 Å². The number of nitrogens with zero attached hydrogens (tertiary/aromatic N) is 2. The second-order valence-corrected chi connectivity index (χ2v) is 4.57. The highest BCUT2D eigenvalue weighted by atomic mass is 16.5. The van der Waals surface area contributed by atoms with E-state index in [0.717, 1.165) is 12.2 Å². The summed E-state index contributed by atoms with van der Waals surface area (Å²) < 4.78 is 6.54. The molecule has 0 aromatic carbocycles. The number of ether oxygens (including phenoxy) is 1. The van der Waals surface area contributed by atoms with Crippen LogP contribution in [-0.4, -0.2) is 29.4 Å². The third kappa shape index (κ3) is 4.19. The smallest absolute Gasteiger partial charge is 0.306 e. The van der Waals surface area contributed by atoms with Gasteiger partial charge in [0.25, 0.3) is 0 Å². The predicted molar refractivity (Wildman–Crippen MR) is 65.5 cm³/mol. The van der Waals surface area contributed by atoms with Crippen molar-refractivity contribution >= 4 is 5.97 Å². The van der Waals surface area contributed by atoms with E-state index in [2.05, 4.69) is 23.7 Å². The number of esters is 1. The van der Waals surface area contributed by atoms with Gasteiger partial charge in [0.2, 0.25) is 0 Å². The van der Waals surface area contributed by atoms with E-state index >= 15 is 0 Å². The SMILES string of the molecule is COC(=O)CC(CN)c1ccn(CC(C)C)n1. The summed E-state index contributed by atoms with van der Waals surface area (Å²) in [6.45, 7) is 5.54. The molecule has 5 heteroatoms. The summed E-state index contributed by atoms with van der Waals surface area (Å²) in [4.78, 5) is 11.2. The monoisotopic (exact) mass is 239 g/mol. The summed E-state index contributed by atoms with van der Waals surface area (Å²) in [5.74, 6) is 0.231. The van der Waals surface area contributed by atoms with Crippen molar-refractivity contribution in [3.8, 4) is 0 Å². The number of carbonyl (C=O) groups excluding carboxylic acids is 1. The zero-order valence-electron chi connectivity index (χ0n) is 10.7. The van der Waals surface area contributed by atoms with Crippen molar-refractivity contribution in [1.29, 1.82) is 0 Å². The molecule has 0 fully saturated rings. The molecule has 1 aromatic rings. The molecule has 17 heavy (non-hydrogen) atoms. The molecular formula is C12H21N3O2. The third-order valence-corrected chi connectivity index (χ3v) is 2.56. The Kier molecular flexibility index (Phi) is 5.15. The van der Waals surface area contributed by atoms with Crippen LogP contribution < -0.4 is 5.73 Å². The number of hydrogen-bond acceptors (Lipinski definition) is 4. The fraction of sp³-hybridized carbons (Fsp3) is 0.667. The van der Waals surface area contributed by atoms with Gasteiger partial charge in [-0.1, -0.05) is 13.8 Å². The lowest BCUT2D eigenvalue weighted by atomic mass is 10.0. The van der Waals surface area contributed by atoms with Crippen LogP contribution in [0.1, 0.15) is 31.9 Å². The van der Waals surface area contributed by atoms with Gasteiger partial charge in [-0.3, -0.25) is 9.48 Å². The van der Waals surface area contributed by atoms with Crippen LogP contribution in [0, 0.1) is 5.92 Å². The van der Waals surface area contributed by atoms with Crippen LogP contribution in [0.5, 0.6) is 0 Å². The first kappa shape index (κ1) is 13.7. The summed E-state index contributed by atoms with van der Waals surface area (Å²) in [6.07, 6.45) is 2.21. The number of nitrogens with two attached hydrogens (primary N) is 1. The van der Waals surface area contributed by atoms with E-state index in [0.29, 0.717) is 12.5 Å². The highest BCUT2D eigenvalue weighted by Crippen LogP contribution is 2.17. The van der Waals surface area contributed by atoms with Crippen molar-refractivity contribution in [2.24, 2.45) is 11.7 Å². The molecule has 0 amide bonds. The maximum atomic E-state index is 11.2. The third-order valence-electron chi connectivity index (χ3n) is 2.56. The molecule has 1 rings (SSSR count). The van der Waals surface area contributed by atoms with Gasteiger partial charge in [0.05, 0.1) is 19.2 Å². The minimum absolute atomic E-state index is 0.0594. The van der Waals surface area contributed by atoms with E-state index in [-0.39, 0.29) is 18.3 Å². The van der Waals surface area contributed by atoms with Crippen LogP contribution in [0.4, 0.5) is 0 Å². The van der Waals surface area contributed by atoms with Crippen molar-refractivity contribution in [3.05, 3.63) is 18.0 Å². The highest BCUT2D eigenvalue weighted by Gasteiger charge is 2.17.